The van der Waals surface area contributed by atoms with Crippen molar-refractivity contribution >= 4 is 29.3 Å². The van der Waals surface area contributed by atoms with E-state index in [0.29, 0.717) is 11.3 Å². The molecule has 0 spiro atoms. The van der Waals surface area contributed by atoms with Gasteiger partial charge in [0.05, 0.1) is 11.4 Å². The maximum absolute atomic E-state index is 14.0. The van der Waals surface area contributed by atoms with Crippen molar-refractivity contribution in [1.29, 1.82) is 5.26 Å². The number of rotatable bonds is 7. The van der Waals surface area contributed by atoms with E-state index in [4.69, 9.17) is 10.00 Å². The van der Waals surface area contributed by atoms with Crippen LogP contribution in [0.4, 0.5) is 20.2 Å². The van der Waals surface area contributed by atoms with Gasteiger partial charge in [-0.05, 0) is 55.0 Å². The molecule has 3 rings (SSSR count). The number of benzene rings is 3. The maximum atomic E-state index is 14.0. The zero-order chi connectivity index (χ0) is 23.8. The Morgan fingerprint density at radius 3 is 1.82 bits per heavy atom. The molecule has 166 valence electrons. The lowest BCUT2D eigenvalue weighted by atomic mass is 10.1. The van der Waals surface area contributed by atoms with Gasteiger partial charge in [0.2, 0.25) is 0 Å². The monoisotopic (exact) mass is 447 g/mol. The highest BCUT2D eigenvalue weighted by molar-refractivity contribution is 6.28. The molecule has 1 unspecified atom stereocenters. The number of halogens is 2. The maximum Gasteiger partial charge on any atom is 0.261 e. The van der Waals surface area contributed by atoms with Crippen molar-refractivity contribution in [3.63, 3.8) is 0 Å². The lowest BCUT2D eigenvalue weighted by Gasteiger charge is -2.12. The summed E-state index contributed by atoms with van der Waals surface area (Å²) in [4.78, 5) is 25.8. The minimum Gasteiger partial charge on any atom is -0.476 e. The van der Waals surface area contributed by atoms with Crippen LogP contribution in [0.25, 0.3) is 6.08 Å². The van der Waals surface area contributed by atoms with Gasteiger partial charge in [0.25, 0.3) is 11.8 Å². The van der Waals surface area contributed by atoms with Gasteiger partial charge in [0, 0.05) is 0 Å². The van der Waals surface area contributed by atoms with Crippen LogP contribution >= 0.6 is 0 Å². The van der Waals surface area contributed by atoms with Crippen LogP contribution in [0.1, 0.15) is 12.5 Å². The van der Waals surface area contributed by atoms with Gasteiger partial charge in [-0.3, -0.25) is 9.59 Å². The molecule has 33 heavy (non-hydrogen) atoms. The van der Waals surface area contributed by atoms with E-state index in [1.807, 2.05) is 6.07 Å². The normalized spacial score (nSPS) is 11.0. The van der Waals surface area contributed by atoms with Crippen LogP contribution < -0.4 is 15.4 Å². The van der Waals surface area contributed by atoms with E-state index >= 15 is 0 Å². The number of carbonyl (C=O) groups excluding carboxylic acids is 2. The predicted octanol–water partition coefficient (Wildman–Crippen LogP) is 4.92. The molecular formula is C25H19F2N3O3. The standard InChI is InChI=1S/C25H19F2N3O3/c1-16(15-28)33-18-12-10-17(11-13-18)14-19(24(31)29-22-8-4-2-6-20(22)26)25(32)30-23-9-5-3-7-21(23)27/h2-14,16H,1H3,(H,29,31)(H,30,32). The molecule has 8 heteroatoms. The number of para-hydroxylation sites is 2. The molecule has 0 aromatic heterocycles. The van der Waals surface area contributed by atoms with Gasteiger partial charge < -0.3 is 15.4 Å². The van der Waals surface area contributed by atoms with Gasteiger partial charge in [-0.2, -0.15) is 5.26 Å². The third-order valence-corrected chi connectivity index (χ3v) is 4.42. The van der Waals surface area contributed by atoms with Gasteiger partial charge in [-0.15, -0.1) is 0 Å². The highest BCUT2D eigenvalue weighted by Crippen LogP contribution is 2.20. The van der Waals surface area contributed by atoms with Crippen molar-refractivity contribution in [2.75, 3.05) is 10.6 Å². The van der Waals surface area contributed by atoms with Crippen LogP contribution in [0.2, 0.25) is 0 Å². The second-order valence-corrected chi connectivity index (χ2v) is 6.88. The first-order chi connectivity index (χ1) is 15.9. The van der Waals surface area contributed by atoms with Crippen molar-refractivity contribution in [2.45, 2.75) is 13.0 Å². The Kier molecular flexibility index (Phi) is 7.50. The van der Waals surface area contributed by atoms with Crippen LogP contribution in [0.15, 0.2) is 78.4 Å². The lowest BCUT2D eigenvalue weighted by molar-refractivity contribution is -0.118. The first-order valence-electron chi connectivity index (χ1n) is 9.87. The summed E-state index contributed by atoms with van der Waals surface area (Å²) in [7, 11) is 0. The van der Waals surface area contributed by atoms with Crippen molar-refractivity contribution in [3.8, 4) is 11.8 Å². The summed E-state index contributed by atoms with van der Waals surface area (Å²) in [5.41, 5.74) is -0.141. The summed E-state index contributed by atoms with van der Waals surface area (Å²) in [5.74, 6) is -2.69. The number of anilines is 2. The minimum absolute atomic E-state index is 0.110. The molecule has 3 aromatic rings. The molecule has 0 aliphatic rings. The first kappa shape index (κ1) is 23.2. The largest absolute Gasteiger partial charge is 0.476 e. The molecule has 0 fully saturated rings. The van der Waals surface area contributed by atoms with E-state index in [1.165, 1.54) is 54.6 Å². The number of nitriles is 1. The fourth-order valence-corrected chi connectivity index (χ4v) is 2.78. The van der Waals surface area contributed by atoms with E-state index in [-0.39, 0.29) is 16.9 Å². The van der Waals surface area contributed by atoms with Gasteiger partial charge in [0.1, 0.15) is 29.0 Å². The van der Waals surface area contributed by atoms with Gasteiger partial charge in [-0.1, -0.05) is 36.4 Å². The number of nitrogens with one attached hydrogen (secondary N) is 2. The Bertz CT molecular complexity index is 1170. The molecule has 3 aromatic carbocycles. The average molecular weight is 447 g/mol. The second kappa shape index (κ2) is 10.7. The average Bonchev–Trinajstić information content (AvgIpc) is 2.81. The minimum atomic E-state index is -0.882. The third-order valence-electron chi connectivity index (χ3n) is 4.42. The summed E-state index contributed by atoms with van der Waals surface area (Å²) in [6.07, 6.45) is 0.629. The van der Waals surface area contributed by atoms with E-state index in [2.05, 4.69) is 10.6 Å². The van der Waals surface area contributed by atoms with Crippen molar-refractivity contribution < 1.29 is 23.1 Å². The van der Waals surface area contributed by atoms with E-state index in [1.54, 1.807) is 31.2 Å². The van der Waals surface area contributed by atoms with Gasteiger partial charge in [-0.25, -0.2) is 8.78 Å². The molecule has 1 atom stereocenters. The number of carbonyl (C=O) groups is 2. The topological polar surface area (TPSA) is 91.2 Å². The zero-order valence-corrected chi connectivity index (χ0v) is 17.5. The number of nitrogens with zero attached hydrogens (tertiary/aromatic N) is 1. The Hall–Kier alpha value is -4.51. The second-order valence-electron chi connectivity index (χ2n) is 6.88. The van der Waals surface area contributed by atoms with E-state index in [9.17, 15) is 18.4 Å². The van der Waals surface area contributed by atoms with Crippen LogP contribution in [0, 0.1) is 23.0 Å². The summed E-state index contributed by atoms with van der Waals surface area (Å²) in [6, 6.07) is 19.3. The predicted molar refractivity (Wildman–Crippen MR) is 120 cm³/mol. The van der Waals surface area contributed by atoms with Crippen molar-refractivity contribution in [3.05, 3.63) is 95.6 Å². The van der Waals surface area contributed by atoms with Crippen molar-refractivity contribution in [2.24, 2.45) is 0 Å². The van der Waals surface area contributed by atoms with Crippen LogP contribution in [-0.4, -0.2) is 17.9 Å². The molecule has 0 aliphatic carbocycles. The Morgan fingerprint density at radius 1 is 0.879 bits per heavy atom. The van der Waals surface area contributed by atoms with Crippen LogP contribution in [0.3, 0.4) is 0 Å². The molecular weight excluding hydrogens is 428 g/mol. The van der Waals surface area contributed by atoms with Crippen molar-refractivity contribution in [1.82, 2.24) is 0 Å². The molecule has 2 N–H and O–H groups in total. The highest BCUT2D eigenvalue weighted by Gasteiger charge is 2.21. The molecule has 0 aliphatic heterocycles. The Morgan fingerprint density at radius 2 is 1.36 bits per heavy atom. The molecule has 2 amide bonds. The summed E-state index contributed by atoms with van der Waals surface area (Å²) >= 11 is 0. The lowest BCUT2D eigenvalue weighted by Crippen LogP contribution is -2.26. The van der Waals surface area contributed by atoms with Gasteiger partial charge >= 0.3 is 0 Å². The zero-order valence-electron chi connectivity index (χ0n) is 17.5. The molecule has 0 bridgehead atoms. The van der Waals surface area contributed by atoms with Gasteiger partial charge in [0.15, 0.2) is 6.10 Å². The summed E-state index contributed by atoms with van der Waals surface area (Å²) in [6.45, 7) is 1.59. The number of ether oxygens (including phenoxy) is 1. The summed E-state index contributed by atoms with van der Waals surface area (Å²) < 4.78 is 33.4. The Balaban J connectivity index is 1.91. The third kappa shape index (κ3) is 6.24. The molecule has 0 radical (unpaired) electrons. The molecule has 0 saturated carbocycles. The fraction of sp³-hybridized carbons (Fsp3) is 0.0800. The molecule has 0 heterocycles. The smallest absolute Gasteiger partial charge is 0.261 e. The quantitative estimate of drug-likeness (QED) is 0.306. The fourth-order valence-electron chi connectivity index (χ4n) is 2.78. The SMILES string of the molecule is CC(C#N)Oc1ccc(C=C(C(=O)Nc2ccccc2F)C(=O)Nc2ccccc2F)cc1. The highest BCUT2D eigenvalue weighted by atomic mass is 19.1. The first-order valence-corrected chi connectivity index (χ1v) is 9.87. The number of amides is 2. The Labute approximate surface area is 189 Å². The van der Waals surface area contributed by atoms with E-state index < -0.39 is 29.6 Å². The van der Waals surface area contributed by atoms with Crippen LogP contribution in [-0.2, 0) is 9.59 Å². The molecule has 6 nitrogen and oxygen atoms in total. The summed E-state index contributed by atoms with van der Waals surface area (Å²) in [5, 5.41) is 13.6. The number of hydrogen-bond acceptors (Lipinski definition) is 4. The molecule has 0 saturated heterocycles. The van der Waals surface area contributed by atoms with E-state index in [0.717, 1.165) is 0 Å². The van der Waals surface area contributed by atoms with Crippen LogP contribution in [0.5, 0.6) is 5.75 Å². The number of hydrogen-bond donors (Lipinski definition) is 2.